The summed E-state index contributed by atoms with van der Waals surface area (Å²) < 4.78 is 5.74. The van der Waals surface area contributed by atoms with Gasteiger partial charge in [-0.3, -0.25) is 0 Å². The van der Waals surface area contributed by atoms with Crippen molar-refractivity contribution in [2.75, 3.05) is 6.54 Å². The summed E-state index contributed by atoms with van der Waals surface area (Å²) in [6.07, 6.45) is 5.03. The molecule has 1 aliphatic heterocycles. The second kappa shape index (κ2) is 4.25. The molecule has 2 rings (SSSR count). The molecule has 0 bridgehead atoms. The molecule has 80 valence electrons. The average Bonchev–Trinajstić information content (AvgIpc) is 2.54. The molecular formula is C12H14ClNO. The fraction of sp³-hybridized carbons (Fsp3) is 0.333. The standard InChI is InChI=1S/C12H14ClNO/c1-8-5-10-7-11(13)6-9(3-2-4-14)12(10)15-8/h2-3,6-8H,4-5,14H2,1H3/b3-2+. The zero-order chi connectivity index (χ0) is 10.8. The van der Waals surface area contributed by atoms with Crippen molar-refractivity contribution in [3.05, 3.63) is 34.4 Å². The van der Waals surface area contributed by atoms with E-state index in [-0.39, 0.29) is 6.10 Å². The first-order chi connectivity index (χ1) is 7.20. The van der Waals surface area contributed by atoms with Gasteiger partial charge in [0.1, 0.15) is 11.9 Å². The highest BCUT2D eigenvalue weighted by Gasteiger charge is 2.21. The van der Waals surface area contributed by atoms with Gasteiger partial charge in [0.25, 0.3) is 0 Å². The van der Waals surface area contributed by atoms with E-state index in [9.17, 15) is 0 Å². The lowest BCUT2D eigenvalue weighted by atomic mass is 10.1. The first kappa shape index (κ1) is 10.5. The Kier molecular flexibility index (Phi) is 2.98. The molecule has 0 aromatic heterocycles. The summed E-state index contributed by atoms with van der Waals surface area (Å²) in [5.41, 5.74) is 7.63. The van der Waals surface area contributed by atoms with Gasteiger partial charge in [-0.2, -0.15) is 0 Å². The van der Waals surface area contributed by atoms with Crippen molar-refractivity contribution in [2.24, 2.45) is 5.73 Å². The van der Waals surface area contributed by atoms with Gasteiger partial charge in [-0.05, 0) is 24.6 Å². The van der Waals surface area contributed by atoms with E-state index in [0.29, 0.717) is 6.54 Å². The molecule has 2 N–H and O–H groups in total. The molecule has 0 saturated heterocycles. The Morgan fingerprint density at radius 3 is 3.13 bits per heavy atom. The third kappa shape index (κ3) is 2.16. The van der Waals surface area contributed by atoms with Crippen LogP contribution in [0.25, 0.3) is 6.08 Å². The monoisotopic (exact) mass is 223 g/mol. The van der Waals surface area contributed by atoms with E-state index in [1.807, 2.05) is 24.3 Å². The molecule has 15 heavy (non-hydrogen) atoms. The van der Waals surface area contributed by atoms with Crippen molar-refractivity contribution in [3.8, 4) is 5.75 Å². The number of rotatable bonds is 2. The first-order valence-corrected chi connectivity index (χ1v) is 5.44. The van der Waals surface area contributed by atoms with Gasteiger partial charge in [-0.25, -0.2) is 0 Å². The molecule has 1 aromatic rings. The average molecular weight is 224 g/mol. The Bertz CT molecular complexity index is 401. The van der Waals surface area contributed by atoms with Crippen LogP contribution in [0.5, 0.6) is 5.75 Å². The lowest BCUT2D eigenvalue weighted by molar-refractivity contribution is 0.254. The van der Waals surface area contributed by atoms with Crippen LogP contribution in [-0.4, -0.2) is 12.6 Å². The van der Waals surface area contributed by atoms with Crippen LogP contribution in [0.4, 0.5) is 0 Å². The zero-order valence-electron chi connectivity index (χ0n) is 8.66. The second-order valence-electron chi connectivity index (χ2n) is 3.75. The van der Waals surface area contributed by atoms with Gasteiger partial charge < -0.3 is 10.5 Å². The van der Waals surface area contributed by atoms with Crippen LogP contribution in [-0.2, 0) is 6.42 Å². The van der Waals surface area contributed by atoms with E-state index >= 15 is 0 Å². The Morgan fingerprint density at radius 2 is 2.40 bits per heavy atom. The summed E-state index contributed by atoms with van der Waals surface area (Å²) in [7, 11) is 0. The highest BCUT2D eigenvalue weighted by Crippen LogP contribution is 2.35. The van der Waals surface area contributed by atoms with Crippen molar-refractivity contribution < 1.29 is 4.74 Å². The number of halogens is 1. The van der Waals surface area contributed by atoms with E-state index < -0.39 is 0 Å². The van der Waals surface area contributed by atoms with Gasteiger partial charge in [-0.1, -0.05) is 23.8 Å². The SMILES string of the molecule is CC1Cc2cc(Cl)cc(/C=C/CN)c2O1. The summed E-state index contributed by atoms with van der Waals surface area (Å²) in [5, 5.41) is 0.753. The summed E-state index contributed by atoms with van der Waals surface area (Å²) in [6.45, 7) is 2.58. The smallest absolute Gasteiger partial charge is 0.130 e. The molecule has 0 radical (unpaired) electrons. The van der Waals surface area contributed by atoms with E-state index in [1.165, 1.54) is 5.56 Å². The van der Waals surface area contributed by atoms with Gasteiger partial charge in [0.2, 0.25) is 0 Å². The number of benzene rings is 1. The highest BCUT2D eigenvalue weighted by atomic mass is 35.5. The Morgan fingerprint density at radius 1 is 1.60 bits per heavy atom. The number of hydrogen-bond donors (Lipinski definition) is 1. The van der Waals surface area contributed by atoms with E-state index in [1.54, 1.807) is 0 Å². The van der Waals surface area contributed by atoms with Crippen LogP contribution in [0.1, 0.15) is 18.1 Å². The fourth-order valence-electron chi connectivity index (χ4n) is 1.84. The highest BCUT2D eigenvalue weighted by molar-refractivity contribution is 6.30. The van der Waals surface area contributed by atoms with Gasteiger partial charge in [0, 0.05) is 23.6 Å². The fourth-order valence-corrected chi connectivity index (χ4v) is 2.09. The quantitative estimate of drug-likeness (QED) is 0.837. The molecule has 2 nitrogen and oxygen atoms in total. The van der Waals surface area contributed by atoms with E-state index in [4.69, 9.17) is 22.1 Å². The molecule has 0 spiro atoms. The van der Waals surface area contributed by atoms with E-state index in [0.717, 1.165) is 22.8 Å². The number of ether oxygens (including phenoxy) is 1. The van der Waals surface area contributed by atoms with Crippen LogP contribution in [0.2, 0.25) is 5.02 Å². The van der Waals surface area contributed by atoms with Gasteiger partial charge in [-0.15, -0.1) is 0 Å². The molecule has 1 heterocycles. The Hall–Kier alpha value is -0.990. The Balaban J connectivity index is 2.42. The van der Waals surface area contributed by atoms with Crippen molar-refractivity contribution in [2.45, 2.75) is 19.4 Å². The van der Waals surface area contributed by atoms with Crippen molar-refractivity contribution >= 4 is 17.7 Å². The predicted octanol–water partition coefficient (Wildman–Crippen LogP) is 2.64. The maximum atomic E-state index is 6.03. The van der Waals surface area contributed by atoms with Crippen LogP contribution >= 0.6 is 11.6 Å². The zero-order valence-corrected chi connectivity index (χ0v) is 9.42. The lowest BCUT2D eigenvalue weighted by Crippen LogP contribution is -2.05. The third-order valence-electron chi connectivity index (χ3n) is 2.42. The van der Waals surface area contributed by atoms with Gasteiger partial charge in [0.15, 0.2) is 0 Å². The minimum atomic E-state index is 0.239. The van der Waals surface area contributed by atoms with Gasteiger partial charge >= 0.3 is 0 Å². The molecular weight excluding hydrogens is 210 g/mol. The van der Waals surface area contributed by atoms with Crippen LogP contribution < -0.4 is 10.5 Å². The topological polar surface area (TPSA) is 35.2 Å². The molecule has 1 atom stereocenters. The van der Waals surface area contributed by atoms with Gasteiger partial charge in [0.05, 0.1) is 0 Å². The van der Waals surface area contributed by atoms with Crippen LogP contribution in [0.3, 0.4) is 0 Å². The molecule has 1 aromatic carbocycles. The molecule has 0 saturated carbocycles. The number of fused-ring (bicyclic) bond motifs is 1. The molecule has 3 heteroatoms. The first-order valence-electron chi connectivity index (χ1n) is 5.06. The van der Waals surface area contributed by atoms with Crippen molar-refractivity contribution in [3.63, 3.8) is 0 Å². The second-order valence-corrected chi connectivity index (χ2v) is 4.19. The van der Waals surface area contributed by atoms with E-state index in [2.05, 4.69) is 6.92 Å². The minimum absolute atomic E-state index is 0.239. The summed E-state index contributed by atoms with van der Waals surface area (Å²) in [6, 6.07) is 3.88. The molecule has 1 unspecified atom stereocenters. The van der Waals surface area contributed by atoms with Crippen LogP contribution in [0.15, 0.2) is 18.2 Å². The van der Waals surface area contributed by atoms with Crippen molar-refractivity contribution in [1.82, 2.24) is 0 Å². The number of nitrogens with two attached hydrogens (primary N) is 1. The predicted molar refractivity (Wildman–Crippen MR) is 63.3 cm³/mol. The minimum Gasteiger partial charge on any atom is -0.489 e. The normalized spacial score (nSPS) is 19.3. The van der Waals surface area contributed by atoms with Crippen LogP contribution in [0, 0.1) is 0 Å². The summed E-state index contributed by atoms with van der Waals surface area (Å²) in [5.74, 6) is 0.955. The maximum Gasteiger partial charge on any atom is 0.130 e. The molecule has 0 fully saturated rings. The van der Waals surface area contributed by atoms with Crippen molar-refractivity contribution in [1.29, 1.82) is 0 Å². The lowest BCUT2D eigenvalue weighted by Gasteiger charge is -2.06. The summed E-state index contributed by atoms with van der Waals surface area (Å²) >= 11 is 6.03. The Labute approximate surface area is 94.7 Å². The summed E-state index contributed by atoms with van der Waals surface area (Å²) in [4.78, 5) is 0. The molecule has 0 amide bonds. The number of hydrogen-bond acceptors (Lipinski definition) is 2. The molecule has 1 aliphatic rings. The molecule has 0 aliphatic carbocycles. The largest absolute Gasteiger partial charge is 0.489 e. The third-order valence-corrected chi connectivity index (χ3v) is 2.64. The maximum absolute atomic E-state index is 6.03.